The van der Waals surface area contributed by atoms with E-state index < -0.39 is 10.0 Å². The highest BCUT2D eigenvalue weighted by molar-refractivity contribution is 7.89. The molecule has 3 aromatic heterocycles. The number of sulfonamides is 1. The maximum Gasteiger partial charge on any atom is 0.213 e. The average Bonchev–Trinajstić information content (AvgIpc) is 3.30. The molecule has 1 saturated heterocycles. The van der Waals surface area contributed by atoms with Gasteiger partial charge < -0.3 is 9.72 Å². The minimum atomic E-state index is -3.12. The summed E-state index contributed by atoms with van der Waals surface area (Å²) >= 11 is 0. The number of rotatable bonds is 8. The van der Waals surface area contributed by atoms with Crippen LogP contribution in [0.2, 0.25) is 0 Å². The number of H-pyrrole nitrogens is 1. The van der Waals surface area contributed by atoms with Gasteiger partial charge in [-0.2, -0.15) is 4.31 Å². The van der Waals surface area contributed by atoms with Gasteiger partial charge in [-0.15, -0.1) is 0 Å². The quantitative estimate of drug-likeness (QED) is 0.387. The van der Waals surface area contributed by atoms with Gasteiger partial charge in [-0.1, -0.05) is 6.07 Å². The highest BCUT2D eigenvalue weighted by Gasteiger charge is 2.25. The number of methoxy groups -OCH3 is 1. The maximum absolute atomic E-state index is 12.1. The Balaban J connectivity index is 1.27. The molecule has 188 valence electrons. The monoisotopic (exact) mass is 507 g/mol. The van der Waals surface area contributed by atoms with E-state index in [1.165, 1.54) is 6.33 Å². The molecule has 0 saturated carbocycles. The van der Waals surface area contributed by atoms with E-state index in [2.05, 4.69) is 30.9 Å². The van der Waals surface area contributed by atoms with E-state index in [1.807, 2.05) is 30.5 Å². The zero-order chi connectivity index (χ0) is 25.1. The summed E-state index contributed by atoms with van der Waals surface area (Å²) in [5.41, 5.74) is 5.52. The Morgan fingerprint density at radius 3 is 2.69 bits per heavy atom. The summed E-state index contributed by atoms with van der Waals surface area (Å²) in [5.74, 6) is 1.60. The van der Waals surface area contributed by atoms with Crippen LogP contribution in [0.5, 0.6) is 5.75 Å². The number of hydrogen-bond donors (Lipinski definition) is 1. The Bertz CT molecular complexity index is 1460. The second-order valence-corrected chi connectivity index (χ2v) is 11.0. The van der Waals surface area contributed by atoms with Crippen LogP contribution in [-0.4, -0.2) is 81.6 Å². The number of piperazine rings is 1. The van der Waals surface area contributed by atoms with Gasteiger partial charge in [0.1, 0.15) is 17.8 Å². The van der Waals surface area contributed by atoms with E-state index in [4.69, 9.17) is 9.72 Å². The first kappa shape index (κ1) is 24.3. The number of imidazole rings is 1. The van der Waals surface area contributed by atoms with Crippen molar-refractivity contribution in [2.24, 2.45) is 0 Å². The van der Waals surface area contributed by atoms with Crippen LogP contribution < -0.4 is 4.74 Å². The van der Waals surface area contributed by atoms with E-state index in [-0.39, 0.29) is 5.75 Å². The Kier molecular flexibility index (Phi) is 6.95. The van der Waals surface area contributed by atoms with Gasteiger partial charge in [0, 0.05) is 56.6 Å². The number of nitrogens with one attached hydrogen (secondary N) is 1. The molecule has 0 atom stereocenters. The fraction of sp³-hybridized carbons (Fsp3) is 0.360. The third kappa shape index (κ3) is 5.23. The van der Waals surface area contributed by atoms with Crippen molar-refractivity contribution in [1.82, 2.24) is 34.1 Å². The van der Waals surface area contributed by atoms with Crippen molar-refractivity contribution in [3.05, 3.63) is 66.1 Å². The summed E-state index contributed by atoms with van der Waals surface area (Å²) < 4.78 is 31.2. The van der Waals surface area contributed by atoms with Crippen molar-refractivity contribution in [3.63, 3.8) is 0 Å². The molecule has 0 amide bonds. The normalized spacial score (nSPS) is 15.4. The summed E-state index contributed by atoms with van der Waals surface area (Å²) in [6.45, 7) is 4.97. The molecule has 4 aromatic rings. The number of fused-ring (bicyclic) bond motifs is 1. The number of nitrogens with zero attached hydrogens (tertiary/aromatic N) is 6. The van der Waals surface area contributed by atoms with Crippen molar-refractivity contribution >= 4 is 21.1 Å². The molecule has 0 bridgehead atoms. The topological polar surface area (TPSA) is 117 Å². The van der Waals surface area contributed by atoms with Gasteiger partial charge in [-0.3, -0.25) is 9.88 Å². The van der Waals surface area contributed by atoms with Crippen molar-refractivity contribution in [3.8, 4) is 17.0 Å². The molecule has 0 radical (unpaired) electrons. The molecule has 0 unspecified atom stereocenters. The average molecular weight is 508 g/mol. The van der Waals surface area contributed by atoms with Crippen LogP contribution in [-0.2, 0) is 23.0 Å². The van der Waals surface area contributed by atoms with Crippen LogP contribution in [0, 0.1) is 0 Å². The van der Waals surface area contributed by atoms with Gasteiger partial charge >= 0.3 is 0 Å². The van der Waals surface area contributed by atoms with Crippen molar-refractivity contribution in [2.45, 2.75) is 19.9 Å². The van der Waals surface area contributed by atoms with Crippen LogP contribution in [0.4, 0.5) is 0 Å². The van der Waals surface area contributed by atoms with Crippen LogP contribution >= 0.6 is 0 Å². The molecule has 10 nitrogen and oxygen atoms in total. The van der Waals surface area contributed by atoms with E-state index in [1.54, 1.807) is 24.5 Å². The van der Waals surface area contributed by atoms with Crippen LogP contribution in [0.3, 0.4) is 0 Å². The summed E-state index contributed by atoms with van der Waals surface area (Å²) in [7, 11) is -1.51. The standard InChI is InChI=1S/C25H29N7O3S/c1-3-36(33,34)32-10-8-31(9-11-32)16-18-6-7-27-20(12-18)14-24-29-21-5-4-19(13-22(21)30-24)25-23(35-2)15-26-17-28-25/h4-7,12-13,15,17H,3,8-11,14,16H2,1-2H3,(H,29,30). The van der Waals surface area contributed by atoms with E-state index in [0.717, 1.165) is 59.0 Å². The molecular formula is C25H29N7O3S. The Hall–Kier alpha value is -3.41. The first-order valence-electron chi connectivity index (χ1n) is 11.9. The van der Waals surface area contributed by atoms with Crippen molar-refractivity contribution in [2.75, 3.05) is 39.0 Å². The van der Waals surface area contributed by atoms with Gasteiger partial charge in [-0.25, -0.2) is 23.4 Å². The Morgan fingerprint density at radius 1 is 1.08 bits per heavy atom. The minimum Gasteiger partial charge on any atom is -0.493 e. The third-order valence-electron chi connectivity index (χ3n) is 6.43. The van der Waals surface area contributed by atoms with E-state index in [9.17, 15) is 8.42 Å². The fourth-order valence-corrected chi connectivity index (χ4v) is 5.56. The van der Waals surface area contributed by atoms with E-state index >= 15 is 0 Å². The Labute approximate surface area is 210 Å². The lowest BCUT2D eigenvalue weighted by atomic mass is 10.1. The van der Waals surface area contributed by atoms with Crippen molar-refractivity contribution < 1.29 is 13.2 Å². The summed E-state index contributed by atoms with van der Waals surface area (Å²) in [6.07, 6.45) is 5.56. The van der Waals surface area contributed by atoms with Gasteiger partial charge in [0.15, 0.2) is 5.75 Å². The lowest BCUT2D eigenvalue weighted by Gasteiger charge is -2.33. The SMILES string of the molecule is CCS(=O)(=O)N1CCN(Cc2ccnc(Cc3nc4ccc(-c5ncncc5OC)cc4[nH]3)c2)CC1. The number of benzene rings is 1. The lowest BCUT2D eigenvalue weighted by molar-refractivity contribution is 0.181. The fourth-order valence-electron chi connectivity index (χ4n) is 4.48. The third-order valence-corrected chi connectivity index (χ3v) is 8.31. The Morgan fingerprint density at radius 2 is 1.92 bits per heavy atom. The van der Waals surface area contributed by atoms with Gasteiger partial charge in [0.25, 0.3) is 0 Å². The summed E-state index contributed by atoms with van der Waals surface area (Å²) in [5, 5.41) is 0. The largest absolute Gasteiger partial charge is 0.493 e. The van der Waals surface area contributed by atoms with Crippen LogP contribution in [0.15, 0.2) is 49.1 Å². The molecule has 1 fully saturated rings. The molecule has 1 aliphatic rings. The first-order valence-corrected chi connectivity index (χ1v) is 13.5. The maximum atomic E-state index is 12.1. The van der Waals surface area contributed by atoms with Gasteiger partial charge in [0.05, 0.1) is 30.1 Å². The molecule has 0 aliphatic carbocycles. The number of ether oxygens (including phenoxy) is 1. The van der Waals surface area contributed by atoms with Crippen LogP contribution in [0.1, 0.15) is 24.0 Å². The van der Waals surface area contributed by atoms with Crippen molar-refractivity contribution in [1.29, 1.82) is 0 Å². The zero-order valence-electron chi connectivity index (χ0n) is 20.4. The lowest BCUT2D eigenvalue weighted by Crippen LogP contribution is -2.48. The first-order chi connectivity index (χ1) is 17.4. The molecule has 5 rings (SSSR count). The van der Waals surface area contributed by atoms with Gasteiger partial charge in [0.2, 0.25) is 10.0 Å². The molecule has 1 aliphatic heterocycles. The highest BCUT2D eigenvalue weighted by atomic mass is 32.2. The predicted molar refractivity (Wildman–Crippen MR) is 137 cm³/mol. The molecule has 1 N–H and O–H groups in total. The molecule has 36 heavy (non-hydrogen) atoms. The summed E-state index contributed by atoms with van der Waals surface area (Å²) in [4.78, 5) is 23.4. The number of aromatic amines is 1. The smallest absolute Gasteiger partial charge is 0.213 e. The molecule has 11 heteroatoms. The van der Waals surface area contributed by atoms with E-state index in [0.29, 0.717) is 25.3 Å². The highest BCUT2D eigenvalue weighted by Crippen LogP contribution is 2.28. The molecule has 0 spiro atoms. The second-order valence-electron chi connectivity index (χ2n) is 8.76. The van der Waals surface area contributed by atoms with Crippen LogP contribution in [0.25, 0.3) is 22.3 Å². The number of hydrogen-bond acceptors (Lipinski definition) is 8. The molecular weight excluding hydrogens is 478 g/mol. The van der Waals surface area contributed by atoms with Gasteiger partial charge in [-0.05, 0) is 36.8 Å². The zero-order valence-corrected chi connectivity index (χ0v) is 21.2. The minimum absolute atomic E-state index is 0.151. The molecule has 1 aromatic carbocycles. The number of pyridine rings is 1. The predicted octanol–water partition coefficient (Wildman–Crippen LogP) is 2.48. The second kappa shape index (κ2) is 10.3. The molecule has 4 heterocycles. The number of aromatic nitrogens is 5. The summed E-state index contributed by atoms with van der Waals surface area (Å²) in [6, 6.07) is 10.1.